The van der Waals surface area contributed by atoms with Crippen molar-refractivity contribution in [2.75, 3.05) is 62.5 Å². The highest BCUT2D eigenvalue weighted by atomic mass is 35.5. The van der Waals surface area contributed by atoms with Crippen molar-refractivity contribution in [2.45, 2.75) is 31.6 Å². The zero-order valence-electron chi connectivity index (χ0n) is 29.6. The molecule has 0 spiro atoms. The molecule has 1 saturated heterocycles. The summed E-state index contributed by atoms with van der Waals surface area (Å²) in [4.78, 5) is 39.2. The highest BCUT2D eigenvalue weighted by Gasteiger charge is 2.25. The number of likely N-dealkylation sites (tertiary alicyclic amines) is 1. The molecule has 0 radical (unpaired) electrons. The zero-order valence-corrected chi connectivity index (χ0v) is 30.4. The summed E-state index contributed by atoms with van der Waals surface area (Å²) in [6, 6.07) is 23.4. The minimum absolute atomic E-state index is 0.0740. The van der Waals surface area contributed by atoms with E-state index in [1.54, 1.807) is 12.1 Å². The monoisotopic (exact) mass is 759 g/mol. The van der Waals surface area contributed by atoms with Crippen molar-refractivity contribution in [1.29, 1.82) is 0 Å². The molecule has 2 heterocycles. The van der Waals surface area contributed by atoms with Gasteiger partial charge < -0.3 is 39.8 Å². The van der Waals surface area contributed by atoms with Crippen LogP contribution in [0.15, 0.2) is 78.9 Å². The molecule has 0 bridgehead atoms. The predicted molar refractivity (Wildman–Crippen MR) is 203 cm³/mol. The number of amides is 3. The van der Waals surface area contributed by atoms with Crippen LogP contribution < -0.4 is 30.7 Å². The molecule has 14 nitrogen and oxygen atoms in total. The number of methoxy groups -OCH3 is 1. The Morgan fingerprint density at radius 2 is 1.74 bits per heavy atom. The Labute approximate surface area is 317 Å². The quantitative estimate of drug-likeness (QED) is 0.0923. The molecule has 1 atom stereocenters. The number of aliphatic hydroxyl groups is 1. The number of fused-ring (bicyclic) bond motifs is 1. The van der Waals surface area contributed by atoms with E-state index in [1.807, 2.05) is 54.6 Å². The minimum atomic E-state index is -1.07. The number of ether oxygens (including phenoxy) is 4. The van der Waals surface area contributed by atoms with Gasteiger partial charge >= 0.3 is 12.2 Å². The van der Waals surface area contributed by atoms with Crippen molar-refractivity contribution in [1.82, 2.24) is 10.2 Å². The lowest BCUT2D eigenvalue weighted by atomic mass is 10.0. The molecule has 284 valence electrons. The molecule has 1 fully saturated rings. The Morgan fingerprint density at radius 1 is 1.00 bits per heavy atom. The van der Waals surface area contributed by atoms with E-state index in [4.69, 9.17) is 30.5 Å². The van der Waals surface area contributed by atoms with Crippen LogP contribution >= 0.6 is 11.6 Å². The molecule has 2 aliphatic rings. The Hall–Kier alpha value is -5.54. The van der Waals surface area contributed by atoms with Crippen LogP contribution in [0, 0.1) is 0 Å². The summed E-state index contributed by atoms with van der Waals surface area (Å²) in [5.41, 5.74) is 4.16. The second-order valence-corrected chi connectivity index (χ2v) is 13.2. The van der Waals surface area contributed by atoms with E-state index in [2.05, 4.69) is 26.2 Å². The van der Waals surface area contributed by atoms with Gasteiger partial charge in [0.1, 0.15) is 30.0 Å². The molecule has 6 N–H and O–H groups in total. The number of hydrogen-bond acceptors (Lipinski definition) is 11. The van der Waals surface area contributed by atoms with Crippen molar-refractivity contribution < 1.29 is 43.5 Å². The van der Waals surface area contributed by atoms with Gasteiger partial charge in [-0.1, -0.05) is 60.1 Å². The van der Waals surface area contributed by atoms with Crippen molar-refractivity contribution in [3.8, 4) is 28.4 Å². The highest BCUT2D eigenvalue weighted by molar-refractivity contribution is 6.33. The molecular weight excluding hydrogens is 718 g/mol. The number of halogens is 1. The number of carbonyl (C=O) groups is 3. The Morgan fingerprint density at radius 3 is 2.52 bits per heavy atom. The molecular formula is C39H42ClN5O9. The lowest BCUT2D eigenvalue weighted by molar-refractivity contribution is -0.118. The normalized spacial score (nSPS) is 14.9. The number of hydrogen-bond donors (Lipinski definition) is 6. The second-order valence-electron chi connectivity index (χ2n) is 12.8. The third-order valence-corrected chi connectivity index (χ3v) is 9.35. The Balaban J connectivity index is 0.914. The van der Waals surface area contributed by atoms with E-state index in [0.717, 1.165) is 11.1 Å². The van der Waals surface area contributed by atoms with Gasteiger partial charge in [0.25, 0.3) is 5.91 Å². The summed E-state index contributed by atoms with van der Waals surface area (Å²) < 4.78 is 22.2. The zero-order chi connectivity index (χ0) is 38.0. The number of para-hydroxylation sites is 1. The second kappa shape index (κ2) is 18.0. The number of piperidine rings is 1. The smallest absolute Gasteiger partial charge is 0.411 e. The molecule has 6 rings (SSSR count). The van der Waals surface area contributed by atoms with Gasteiger partial charge in [0.15, 0.2) is 6.61 Å². The molecule has 54 heavy (non-hydrogen) atoms. The molecule has 4 aromatic rings. The Bertz CT molecular complexity index is 1960. The average molecular weight is 760 g/mol. The maximum absolute atomic E-state index is 12.7. The maximum Gasteiger partial charge on any atom is 0.411 e. The molecule has 0 aromatic heterocycles. The number of phenols is 1. The number of benzene rings is 4. The number of nitrogens with one attached hydrogen (secondary N) is 4. The lowest BCUT2D eigenvalue weighted by Crippen LogP contribution is -2.40. The maximum atomic E-state index is 12.7. The summed E-state index contributed by atoms with van der Waals surface area (Å²) in [7, 11) is 1.49. The minimum Gasteiger partial charge on any atom is -0.508 e. The van der Waals surface area contributed by atoms with Gasteiger partial charge in [-0.15, -0.1) is 0 Å². The third-order valence-electron chi connectivity index (χ3n) is 9.04. The van der Waals surface area contributed by atoms with Gasteiger partial charge in [-0.3, -0.25) is 20.3 Å². The number of aliphatic hydroxyl groups excluding tert-OH is 1. The van der Waals surface area contributed by atoms with Crippen molar-refractivity contribution in [2.24, 2.45) is 0 Å². The van der Waals surface area contributed by atoms with E-state index < -0.39 is 18.3 Å². The summed E-state index contributed by atoms with van der Waals surface area (Å²) in [5.74, 6) is 0.254. The summed E-state index contributed by atoms with van der Waals surface area (Å²) >= 11 is 6.50. The van der Waals surface area contributed by atoms with E-state index >= 15 is 0 Å². The van der Waals surface area contributed by atoms with Gasteiger partial charge in [-0.2, -0.15) is 0 Å². The summed E-state index contributed by atoms with van der Waals surface area (Å²) in [6.45, 7) is 2.15. The highest BCUT2D eigenvalue weighted by Crippen LogP contribution is 2.39. The van der Waals surface area contributed by atoms with Crippen molar-refractivity contribution in [3.05, 3.63) is 95.0 Å². The third kappa shape index (κ3) is 9.90. The van der Waals surface area contributed by atoms with Crippen LogP contribution in [0.5, 0.6) is 17.2 Å². The van der Waals surface area contributed by atoms with Crippen molar-refractivity contribution >= 4 is 46.8 Å². The van der Waals surface area contributed by atoms with Crippen LogP contribution in [0.4, 0.5) is 26.7 Å². The van der Waals surface area contributed by atoms with Crippen molar-refractivity contribution in [3.63, 3.8) is 0 Å². The standard InChI is InChI=1S/C39H42ClN5O9/c1-51-35-20-32(30(40)17-25(35)21-41-22-34(47)29-18-26(46)19-33-37(29)53-23-36(48)42-33)44-38(49)52-16-15-45-13-11-27(12-14-45)54-39(50)43-31-10-6-5-9-28(31)24-7-3-2-4-8-24/h2-10,17-20,27,34,41,46-47H,11-16,21-23H2,1H3,(H,42,48)(H,43,50)(H,44,49)/t34-/m0/s1. The summed E-state index contributed by atoms with van der Waals surface area (Å²) in [6.07, 6.45) is -1.15. The number of aromatic hydroxyl groups is 1. The molecule has 0 aliphatic carbocycles. The van der Waals surface area contributed by atoms with Crippen LogP contribution in [0.1, 0.15) is 30.1 Å². The fourth-order valence-corrected chi connectivity index (χ4v) is 6.58. The largest absolute Gasteiger partial charge is 0.508 e. The fraction of sp³-hybridized carbons (Fsp3) is 0.308. The topological polar surface area (TPSA) is 180 Å². The first-order chi connectivity index (χ1) is 26.2. The molecule has 2 aliphatic heterocycles. The molecule has 0 unspecified atom stereocenters. The van der Waals surface area contributed by atoms with Crippen LogP contribution in [-0.2, 0) is 20.8 Å². The van der Waals surface area contributed by atoms with Crippen LogP contribution in [-0.4, -0.2) is 85.8 Å². The first-order valence-corrected chi connectivity index (χ1v) is 17.9. The average Bonchev–Trinajstić information content (AvgIpc) is 3.16. The number of phenolic OH excluding ortho intramolecular Hbond substituents is 1. The molecule has 3 amide bonds. The fourth-order valence-electron chi connectivity index (χ4n) is 6.35. The predicted octanol–water partition coefficient (Wildman–Crippen LogP) is 6.14. The molecule has 4 aromatic carbocycles. The molecule has 0 saturated carbocycles. The first-order valence-electron chi connectivity index (χ1n) is 17.5. The van der Waals surface area contributed by atoms with Crippen LogP contribution in [0.3, 0.4) is 0 Å². The first kappa shape index (κ1) is 38.2. The van der Waals surface area contributed by atoms with Crippen LogP contribution in [0.25, 0.3) is 11.1 Å². The van der Waals surface area contributed by atoms with Gasteiger partial charge in [-0.25, -0.2) is 9.59 Å². The van der Waals surface area contributed by atoms with E-state index in [0.29, 0.717) is 66.5 Å². The number of carbonyl (C=O) groups excluding carboxylic acids is 3. The van der Waals surface area contributed by atoms with Gasteiger partial charge in [0, 0.05) is 61.5 Å². The van der Waals surface area contributed by atoms with Gasteiger partial charge in [0.2, 0.25) is 0 Å². The lowest BCUT2D eigenvalue weighted by Gasteiger charge is -2.31. The number of nitrogens with zero attached hydrogens (tertiary/aromatic N) is 1. The van der Waals surface area contributed by atoms with Crippen LogP contribution in [0.2, 0.25) is 5.02 Å². The Kier molecular flexibility index (Phi) is 12.7. The van der Waals surface area contributed by atoms with E-state index in [9.17, 15) is 24.6 Å². The SMILES string of the molecule is COc1cc(NC(=O)OCCN2CCC(OC(=O)Nc3ccccc3-c3ccccc3)CC2)c(Cl)cc1CNC[C@H](O)c1cc(O)cc2c1OCC(=O)N2. The van der Waals surface area contributed by atoms with E-state index in [1.165, 1.54) is 19.2 Å². The van der Waals surface area contributed by atoms with Gasteiger partial charge in [-0.05, 0) is 36.6 Å². The molecule has 15 heteroatoms. The van der Waals surface area contributed by atoms with Gasteiger partial charge in [0.05, 0.1) is 35.3 Å². The number of rotatable bonds is 13. The summed E-state index contributed by atoms with van der Waals surface area (Å²) in [5, 5.41) is 32.5. The number of anilines is 3. The van der Waals surface area contributed by atoms with E-state index in [-0.39, 0.29) is 54.8 Å².